The van der Waals surface area contributed by atoms with Crippen molar-refractivity contribution < 1.29 is 19.1 Å². The maximum absolute atomic E-state index is 12.5. The summed E-state index contributed by atoms with van der Waals surface area (Å²) in [6.45, 7) is 2.82. The number of carbonyl (C=O) groups is 2. The Morgan fingerprint density at radius 3 is 2.82 bits per heavy atom. The van der Waals surface area contributed by atoms with Gasteiger partial charge in [-0.05, 0) is 50.1 Å². The Labute approximate surface area is 169 Å². The van der Waals surface area contributed by atoms with Crippen molar-refractivity contribution >= 4 is 29.1 Å². The Kier molecular flexibility index (Phi) is 6.90. The first-order valence-corrected chi connectivity index (χ1v) is 9.62. The Bertz CT molecular complexity index is 837. The third-order valence-corrected chi connectivity index (χ3v) is 4.66. The minimum Gasteiger partial charge on any atom is -0.481 e. The molecule has 1 aliphatic rings. The average Bonchev–Trinajstić information content (AvgIpc) is 3.20. The summed E-state index contributed by atoms with van der Waals surface area (Å²) >= 11 is 5.94. The van der Waals surface area contributed by atoms with Gasteiger partial charge in [0, 0.05) is 18.2 Å². The molecule has 1 heterocycles. The van der Waals surface area contributed by atoms with Crippen molar-refractivity contribution in [1.29, 1.82) is 0 Å². The summed E-state index contributed by atoms with van der Waals surface area (Å²) in [5.41, 5.74) is 0.822. The molecular weight excluding hydrogens is 380 g/mol. The minimum absolute atomic E-state index is 0.0526. The summed E-state index contributed by atoms with van der Waals surface area (Å²) in [5.74, 6) is -0.119. The van der Waals surface area contributed by atoms with E-state index in [2.05, 4.69) is 10.6 Å². The molecule has 7 heteroatoms. The fourth-order valence-electron chi connectivity index (χ4n) is 2.93. The maximum Gasteiger partial charge on any atom is 0.265 e. The second-order valence-electron chi connectivity index (χ2n) is 6.60. The Balaban J connectivity index is 1.61. The summed E-state index contributed by atoms with van der Waals surface area (Å²) < 4.78 is 11.2. The zero-order valence-corrected chi connectivity index (χ0v) is 16.4. The molecule has 148 valence electrons. The fourth-order valence-corrected chi connectivity index (χ4v) is 3.11. The van der Waals surface area contributed by atoms with Gasteiger partial charge in [0.2, 0.25) is 0 Å². The number of amides is 2. The highest BCUT2D eigenvalue weighted by Gasteiger charge is 2.20. The topological polar surface area (TPSA) is 76.7 Å². The quantitative estimate of drug-likeness (QED) is 0.741. The third-order valence-electron chi connectivity index (χ3n) is 4.42. The number of hydrogen-bond acceptors (Lipinski definition) is 4. The van der Waals surface area contributed by atoms with Crippen molar-refractivity contribution in [2.24, 2.45) is 0 Å². The summed E-state index contributed by atoms with van der Waals surface area (Å²) in [6, 6.07) is 13.7. The molecule has 0 spiro atoms. The molecule has 0 bridgehead atoms. The first-order chi connectivity index (χ1) is 13.5. The Morgan fingerprint density at radius 2 is 2.07 bits per heavy atom. The summed E-state index contributed by atoms with van der Waals surface area (Å²) in [6.07, 6.45) is 1.24. The molecule has 0 radical (unpaired) electrons. The van der Waals surface area contributed by atoms with Gasteiger partial charge in [-0.3, -0.25) is 9.59 Å². The van der Waals surface area contributed by atoms with Gasteiger partial charge in [0.05, 0.1) is 17.4 Å². The Hall–Kier alpha value is -2.57. The molecule has 1 saturated heterocycles. The number of nitrogens with one attached hydrogen (secondary N) is 2. The third kappa shape index (κ3) is 5.47. The number of para-hydroxylation sites is 1. The van der Waals surface area contributed by atoms with Gasteiger partial charge in [-0.15, -0.1) is 0 Å². The molecule has 0 unspecified atom stereocenters. The van der Waals surface area contributed by atoms with E-state index in [-0.39, 0.29) is 17.9 Å². The molecule has 1 aliphatic heterocycles. The molecule has 2 N–H and O–H groups in total. The van der Waals surface area contributed by atoms with Crippen LogP contribution in [-0.4, -0.2) is 37.2 Å². The van der Waals surface area contributed by atoms with E-state index < -0.39 is 6.10 Å². The van der Waals surface area contributed by atoms with Gasteiger partial charge in [-0.25, -0.2) is 0 Å². The number of benzene rings is 2. The second-order valence-corrected chi connectivity index (χ2v) is 7.03. The smallest absolute Gasteiger partial charge is 0.265 e. The van der Waals surface area contributed by atoms with Crippen molar-refractivity contribution in [3.05, 3.63) is 59.1 Å². The molecule has 3 rings (SSSR count). The maximum atomic E-state index is 12.5. The van der Waals surface area contributed by atoms with Gasteiger partial charge in [0.25, 0.3) is 11.8 Å². The largest absolute Gasteiger partial charge is 0.481 e. The van der Waals surface area contributed by atoms with E-state index in [0.717, 1.165) is 19.4 Å². The van der Waals surface area contributed by atoms with Crippen molar-refractivity contribution in [3.63, 3.8) is 0 Å². The number of rotatable bonds is 7. The average molecular weight is 403 g/mol. The van der Waals surface area contributed by atoms with Crippen molar-refractivity contribution in [1.82, 2.24) is 5.32 Å². The SMILES string of the molecule is C[C@H](Oc1cccc(Cl)c1)C(=O)Nc1ccccc1C(=O)NC[C@H]1CCCO1. The van der Waals surface area contributed by atoms with E-state index >= 15 is 0 Å². The lowest BCUT2D eigenvalue weighted by Crippen LogP contribution is -2.34. The first-order valence-electron chi connectivity index (χ1n) is 9.25. The molecule has 0 saturated carbocycles. The zero-order valence-electron chi connectivity index (χ0n) is 15.6. The van der Waals surface area contributed by atoms with E-state index in [1.54, 1.807) is 55.5 Å². The van der Waals surface area contributed by atoms with Crippen LogP contribution in [0.5, 0.6) is 5.75 Å². The van der Waals surface area contributed by atoms with E-state index in [4.69, 9.17) is 21.1 Å². The first kappa shape index (κ1) is 20.2. The number of ether oxygens (including phenoxy) is 2. The van der Waals surface area contributed by atoms with Gasteiger partial charge in [-0.1, -0.05) is 29.8 Å². The van der Waals surface area contributed by atoms with Crippen LogP contribution in [0, 0.1) is 0 Å². The van der Waals surface area contributed by atoms with Crippen molar-refractivity contribution in [2.75, 3.05) is 18.5 Å². The van der Waals surface area contributed by atoms with Crippen LogP contribution < -0.4 is 15.4 Å². The summed E-state index contributed by atoms with van der Waals surface area (Å²) in [7, 11) is 0. The second kappa shape index (κ2) is 9.57. The Morgan fingerprint density at radius 1 is 1.25 bits per heavy atom. The van der Waals surface area contributed by atoms with Gasteiger partial charge in [-0.2, -0.15) is 0 Å². The van der Waals surface area contributed by atoms with Crippen LogP contribution in [0.2, 0.25) is 5.02 Å². The summed E-state index contributed by atoms with van der Waals surface area (Å²) in [4.78, 5) is 25.1. The lowest BCUT2D eigenvalue weighted by Gasteiger charge is -2.17. The number of halogens is 1. The standard InChI is InChI=1S/C21H23ClN2O4/c1-14(28-16-7-4-6-15(22)12-16)20(25)24-19-10-3-2-9-18(19)21(26)23-13-17-8-5-11-27-17/h2-4,6-7,9-10,12,14,17H,5,8,11,13H2,1H3,(H,23,26)(H,24,25)/t14-,17+/m0/s1. The molecule has 1 fully saturated rings. The molecule has 2 amide bonds. The van der Waals surface area contributed by atoms with Gasteiger partial charge < -0.3 is 20.1 Å². The van der Waals surface area contributed by atoms with Crippen molar-refractivity contribution in [2.45, 2.75) is 32.0 Å². The van der Waals surface area contributed by atoms with Crippen LogP contribution in [0.1, 0.15) is 30.1 Å². The molecule has 2 atom stereocenters. The van der Waals surface area contributed by atoms with Crippen LogP contribution >= 0.6 is 11.6 Å². The minimum atomic E-state index is -0.763. The van der Waals surface area contributed by atoms with Gasteiger partial charge in [0.15, 0.2) is 6.10 Å². The van der Waals surface area contributed by atoms with E-state index in [9.17, 15) is 9.59 Å². The van der Waals surface area contributed by atoms with Crippen LogP contribution in [-0.2, 0) is 9.53 Å². The van der Waals surface area contributed by atoms with Crippen LogP contribution in [0.15, 0.2) is 48.5 Å². The molecule has 28 heavy (non-hydrogen) atoms. The van der Waals surface area contributed by atoms with Gasteiger partial charge >= 0.3 is 0 Å². The lowest BCUT2D eigenvalue weighted by atomic mass is 10.1. The molecule has 2 aromatic rings. The number of hydrogen-bond donors (Lipinski definition) is 2. The molecular formula is C21H23ClN2O4. The summed E-state index contributed by atoms with van der Waals surface area (Å²) in [5, 5.41) is 6.16. The van der Waals surface area contributed by atoms with Crippen LogP contribution in [0.25, 0.3) is 0 Å². The van der Waals surface area contributed by atoms with Gasteiger partial charge in [0.1, 0.15) is 5.75 Å². The molecule has 6 nitrogen and oxygen atoms in total. The van der Waals surface area contributed by atoms with E-state index in [1.165, 1.54) is 0 Å². The molecule has 0 aromatic heterocycles. The number of carbonyl (C=O) groups excluding carboxylic acids is 2. The predicted molar refractivity (Wildman–Crippen MR) is 108 cm³/mol. The highest BCUT2D eigenvalue weighted by Crippen LogP contribution is 2.20. The fraction of sp³-hybridized carbons (Fsp3) is 0.333. The monoisotopic (exact) mass is 402 g/mol. The van der Waals surface area contributed by atoms with Crippen molar-refractivity contribution in [3.8, 4) is 5.75 Å². The highest BCUT2D eigenvalue weighted by atomic mass is 35.5. The van der Waals surface area contributed by atoms with Crippen LogP contribution in [0.4, 0.5) is 5.69 Å². The highest BCUT2D eigenvalue weighted by molar-refractivity contribution is 6.30. The molecule has 2 aromatic carbocycles. The lowest BCUT2D eigenvalue weighted by molar-refractivity contribution is -0.122. The van der Waals surface area contributed by atoms with E-state index in [1.807, 2.05) is 0 Å². The molecule has 0 aliphatic carbocycles. The zero-order chi connectivity index (χ0) is 19.9. The predicted octanol–water partition coefficient (Wildman–Crippen LogP) is 3.65. The van der Waals surface area contributed by atoms with E-state index in [0.29, 0.717) is 28.6 Å². The van der Waals surface area contributed by atoms with Crippen LogP contribution in [0.3, 0.4) is 0 Å². The normalized spacial score (nSPS) is 17.0. The number of anilines is 1.